The second-order valence-electron chi connectivity index (χ2n) is 3.97. The van der Waals surface area contributed by atoms with Crippen LogP contribution in [0.5, 0.6) is 5.75 Å². The van der Waals surface area contributed by atoms with E-state index >= 15 is 0 Å². The Morgan fingerprint density at radius 2 is 1.79 bits per heavy atom. The van der Waals surface area contributed by atoms with E-state index in [1.54, 1.807) is 12.1 Å². The van der Waals surface area contributed by atoms with Gasteiger partial charge < -0.3 is 10.5 Å². The van der Waals surface area contributed by atoms with Gasteiger partial charge in [-0.2, -0.15) is 0 Å². The predicted molar refractivity (Wildman–Crippen MR) is 80.7 cm³/mol. The van der Waals surface area contributed by atoms with E-state index in [2.05, 4.69) is 31.9 Å². The van der Waals surface area contributed by atoms with Gasteiger partial charge in [-0.25, -0.2) is 4.39 Å². The van der Waals surface area contributed by atoms with Gasteiger partial charge in [-0.1, -0.05) is 28.1 Å². The molecular weight excluding hydrogens is 377 g/mol. The highest BCUT2D eigenvalue weighted by Crippen LogP contribution is 2.26. The molecule has 1 unspecified atom stereocenters. The van der Waals surface area contributed by atoms with Gasteiger partial charge in [-0.3, -0.25) is 0 Å². The van der Waals surface area contributed by atoms with Crippen LogP contribution in [0.4, 0.5) is 4.39 Å². The summed E-state index contributed by atoms with van der Waals surface area (Å²) in [6.07, 6.45) is -0.298. The van der Waals surface area contributed by atoms with Crippen LogP contribution in [0, 0.1) is 5.82 Å². The van der Waals surface area contributed by atoms with E-state index in [0.29, 0.717) is 16.8 Å². The van der Waals surface area contributed by atoms with Crippen molar-refractivity contribution in [3.8, 4) is 5.75 Å². The molecule has 0 spiro atoms. The van der Waals surface area contributed by atoms with Gasteiger partial charge in [0.25, 0.3) is 0 Å². The second-order valence-corrected chi connectivity index (χ2v) is 5.74. The lowest BCUT2D eigenvalue weighted by molar-refractivity contribution is 0.213. The highest BCUT2D eigenvalue weighted by atomic mass is 79.9. The molecule has 1 atom stereocenters. The Morgan fingerprint density at radius 3 is 2.37 bits per heavy atom. The van der Waals surface area contributed by atoms with Crippen LogP contribution in [0.25, 0.3) is 0 Å². The van der Waals surface area contributed by atoms with Gasteiger partial charge in [-0.15, -0.1) is 0 Å². The second kappa shape index (κ2) is 6.50. The molecule has 19 heavy (non-hydrogen) atoms. The lowest BCUT2D eigenvalue weighted by Gasteiger charge is -2.18. The minimum absolute atomic E-state index is 0.298. The summed E-state index contributed by atoms with van der Waals surface area (Å²) in [6, 6.07) is 12.3. The van der Waals surface area contributed by atoms with E-state index in [4.69, 9.17) is 10.5 Å². The van der Waals surface area contributed by atoms with Gasteiger partial charge in [0.2, 0.25) is 0 Å². The van der Waals surface area contributed by atoms with Crippen LogP contribution in [-0.2, 0) is 0 Å². The van der Waals surface area contributed by atoms with Gasteiger partial charge in [-0.05, 0) is 45.8 Å². The summed E-state index contributed by atoms with van der Waals surface area (Å²) in [5.74, 6) is 0.100. The summed E-state index contributed by atoms with van der Waals surface area (Å²) < 4.78 is 20.5. The van der Waals surface area contributed by atoms with E-state index in [0.717, 1.165) is 10.0 Å². The summed E-state index contributed by atoms with van der Waals surface area (Å²) in [4.78, 5) is 0. The highest BCUT2D eigenvalue weighted by molar-refractivity contribution is 9.10. The maximum absolute atomic E-state index is 13.4. The summed E-state index contributed by atoms with van der Waals surface area (Å²) >= 11 is 6.48. The number of hydrogen-bond donors (Lipinski definition) is 1. The molecule has 0 bridgehead atoms. The molecule has 100 valence electrons. The van der Waals surface area contributed by atoms with E-state index in [1.807, 2.05) is 24.3 Å². The molecule has 0 saturated heterocycles. The first kappa shape index (κ1) is 14.5. The van der Waals surface area contributed by atoms with Crippen molar-refractivity contribution in [2.75, 3.05) is 6.54 Å². The number of hydrogen-bond acceptors (Lipinski definition) is 2. The van der Waals surface area contributed by atoms with Crippen molar-refractivity contribution in [2.24, 2.45) is 5.73 Å². The summed E-state index contributed by atoms with van der Waals surface area (Å²) in [5.41, 5.74) is 6.67. The van der Waals surface area contributed by atoms with Crippen LogP contribution in [0.2, 0.25) is 0 Å². The van der Waals surface area contributed by atoms with Crippen molar-refractivity contribution in [1.29, 1.82) is 0 Å². The van der Waals surface area contributed by atoms with Gasteiger partial charge in [0.05, 0.1) is 4.47 Å². The molecule has 2 rings (SSSR count). The van der Waals surface area contributed by atoms with Crippen LogP contribution in [0.1, 0.15) is 11.7 Å². The normalized spacial score (nSPS) is 12.2. The van der Waals surface area contributed by atoms with Gasteiger partial charge in [0, 0.05) is 17.1 Å². The lowest BCUT2D eigenvalue weighted by atomic mass is 10.1. The molecule has 0 aliphatic rings. The number of benzene rings is 2. The molecular formula is C14H12Br2FNO. The van der Waals surface area contributed by atoms with Crippen molar-refractivity contribution in [1.82, 2.24) is 0 Å². The van der Waals surface area contributed by atoms with E-state index in [1.165, 1.54) is 6.07 Å². The van der Waals surface area contributed by atoms with Crippen LogP contribution < -0.4 is 10.5 Å². The fourth-order valence-corrected chi connectivity index (χ4v) is 2.16. The molecule has 0 heterocycles. The van der Waals surface area contributed by atoms with Crippen molar-refractivity contribution < 1.29 is 9.13 Å². The minimum Gasteiger partial charge on any atom is -0.484 e. The van der Waals surface area contributed by atoms with Crippen molar-refractivity contribution in [2.45, 2.75) is 6.10 Å². The van der Waals surface area contributed by atoms with Crippen LogP contribution in [-0.4, -0.2) is 6.54 Å². The largest absolute Gasteiger partial charge is 0.484 e. The number of halogens is 3. The molecule has 0 aliphatic carbocycles. The maximum atomic E-state index is 13.4. The third-order valence-corrected chi connectivity index (χ3v) is 3.80. The van der Waals surface area contributed by atoms with E-state index < -0.39 is 0 Å². The average molecular weight is 389 g/mol. The van der Waals surface area contributed by atoms with Gasteiger partial charge in [0.15, 0.2) is 0 Å². The monoisotopic (exact) mass is 387 g/mol. The topological polar surface area (TPSA) is 35.2 Å². The zero-order valence-corrected chi connectivity index (χ0v) is 13.1. The van der Waals surface area contributed by atoms with Crippen molar-refractivity contribution in [3.63, 3.8) is 0 Å². The Balaban J connectivity index is 2.18. The summed E-state index contributed by atoms with van der Waals surface area (Å²) in [6.45, 7) is 0.319. The Morgan fingerprint density at radius 1 is 1.11 bits per heavy atom. The fraction of sp³-hybridized carbons (Fsp3) is 0.143. The molecule has 2 N–H and O–H groups in total. The van der Waals surface area contributed by atoms with Crippen LogP contribution in [0.3, 0.4) is 0 Å². The molecule has 0 aromatic heterocycles. The molecule has 5 heteroatoms. The molecule has 0 radical (unpaired) electrons. The van der Waals surface area contributed by atoms with Crippen molar-refractivity contribution >= 4 is 31.9 Å². The fourth-order valence-electron chi connectivity index (χ4n) is 1.64. The zero-order valence-electron chi connectivity index (χ0n) is 9.95. The van der Waals surface area contributed by atoms with Crippen molar-refractivity contribution in [3.05, 3.63) is 62.8 Å². The van der Waals surface area contributed by atoms with Crippen LogP contribution >= 0.6 is 31.9 Å². The molecule has 2 aromatic carbocycles. The smallest absolute Gasteiger partial charge is 0.141 e. The first-order valence-electron chi connectivity index (χ1n) is 5.67. The van der Waals surface area contributed by atoms with E-state index in [-0.39, 0.29) is 11.9 Å². The third kappa shape index (κ3) is 3.78. The highest BCUT2D eigenvalue weighted by Gasteiger charge is 2.12. The maximum Gasteiger partial charge on any atom is 0.141 e. The molecule has 2 aromatic rings. The van der Waals surface area contributed by atoms with Gasteiger partial charge in [0.1, 0.15) is 17.7 Å². The summed E-state index contributed by atoms with van der Waals surface area (Å²) in [7, 11) is 0. The molecule has 0 saturated carbocycles. The number of nitrogens with two attached hydrogens (primary N) is 1. The summed E-state index contributed by atoms with van der Waals surface area (Å²) in [5, 5.41) is 0. The lowest BCUT2D eigenvalue weighted by Crippen LogP contribution is -2.18. The quantitative estimate of drug-likeness (QED) is 0.840. The molecule has 2 nitrogen and oxygen atoms in total. The average Bonchev–Trinajstić information content (AvgIpc) is 2.41. The number of ether oxygens (including phenoxy) is 1. The zero-order chi connectivity index (χ0) is 13.8. The Bertz CT molecular complexity index is 560. The van der Waals surface area contributed by atoms with Crippen LogP contribution in [0.15, 0.2) is 51.4 Å². The Labute approximate surface area is 128 Å². The van der Waals surface area contributed by atoms with E-state index in [9.17, 15) is 4.39 Å². The molecule has 0 amide bonds. The SMILES string of the molecule is NCC(Oc1ccc(Br)c(F)c1)c1ccc(Br)cc1. The van der Waals surface area contributed by atoms with Gasteiger partial charge >= 0.3 is 0 Å². The molecule has 0 aliphatic heterocycles. The minimum atomic E-state index is -0.357. The number of rotatable bonds is 4. The Kier molecular flexibility index (Phi) is 4.96. The third-order valence-electron chi connectivity index (χ3n) is 2.63. The first-order valence-corrected chi connectivity index (χ1v) is 7.26. The Hall–Kier alpha value is -0.910. The molecule has 0 fully saturated rings. The predicted octanol–water partition coefficient (Wildman–Crippen LogP) is 4.43. The standard InChI is InChI=1S/C14H12Br2FNO/c15-10-3-1-9(2-4-10)14(8-18)19-11-5-6-12(16)13(17)7-11/h1-7,14H,8,18H2. The first-order chi connectivity index (χ1) is 9.10.